The number of benzene rings is 2. The maximum atomic E-state index is 12.1. The number of rotatable bonds is 5. The fourth-order valence-electron chi connectivity index (χ4n) is 1.87. The Morgan fingerprint density at radius 1 is 1.12 bits per heavy atom. The Bertz CT molecular complexity index is 771. The second kappa shape index (κ2) is 7.90. The molecule has 2 rings (SSSR count). The van der Waals surface area contributed by atoms with Crippen LogP contribution in [0, 0.1) is 0 Å². The van der Waals surface area contributed by atoms with Gasteiger partial charge in [-0.25, -0.2) is 5.43 Å². The largest absolute Gasteiger partial charge is 0.505 e. The van der Waals surface area contributed by atoms with Gasteiger partial charge in [0.2, 0.25) is 0 Å². The molecule has 0 bridgehead atoms. The highest BCUT2D eigenvalue weighted by atomic mass is 35.5. The smallest absolute Gasteiger partial charge is 0.271 e. The number of hydrogen-bond acceptors (Lipinski definition) is 5. The average molecular weight is 369 g/mol. The summed E-state index contributed by atoms with van der Waals surface area (Å²) in [7, 11) is 2.99. The molecular formula is C16H14Cl2N2O4. The summed E-state index contributed by atoms with van der Waals surface area (Å²) >= 11 is 11.6. The van der Waals surface area contributed by atoms with E-state index in [4.69, 9.17) is 32.7 Å². The summed E-state index contributed by atoms with van der Waals surface area (Å²) in [6.07, 6.45) is 1.36. The monoisotopic (exact) mass is 368 g/mol. The molecule has 8 heteroatoms. The molecule has 2 N–H and O–H groups in total. The van der Waals surface area contributed by atoms with Crippen LogP contribution in [-0.4, -0.2) is 31.4 Å². The maximum absolute atomic E-state index is 12.1. The third-order valence-corrected chi connectivity index (χ3v) is 3.64. The van der Waals surface area contributed by atoms with E-state index in [1.807, 2.05) is 0 Å². The Balaban J connectivity index is 2.10. The predicted molar refractivity (Wildman–Crippen MR) is 92.7 cm³/mol. The molecule has 126 valence electrons. The van der Waals surface area contributed by atoms with Gasteiger partial charge < -0.3 is 14.6 Å². The molecule has 0 atom stereocenters. The normalized spacial score (nSPS) is 10.7. The van der Waals surface area contributed by atoms with Gasteiger partial charge >= 0.3 is 0 Å². The second-order valence-corrected chi connectivity index (χ2v) is 5.42. The van der Waals surface area contributed by atoms with E-state index in [0.717, 1.165) is 0 Å². The molecule has 0 aliphatic carbocycles. The van der Waals surface area contributed by atoms with Crippen molar-refractivity contribution < 1.29 is 19.4 Å². The molecule has 0 heterocycles. The summed E-state index contributed by atoms with van der Waals surface area (Å²) in [6.45, 7) is 0. The van der Waals surface area contributed by atoms with E-state index in [2.05, 4.69) is 10.5 Å². The van der Waals surface area contributed by atoms with Crippen LogP contribution in [0.5, 0.6) is 17.2 Å². The second-order valence-electron chi connectivity index (χ2n) is 4.60. The minimum absolute atomic E-state index is 0.0927. The van der Waals surface area contributed by atoms with Gasteiger partial charge in [0.25, 0.3) is 5.91 Å². The van der Waals surface area contributed by atoms with E-state index in [9.17, 15) is 9.90 Å². The minimum atomic E-state index is -0.428. The summed E-state index contributed by atoms with van der Waals surface area (Å²) in [4.78, 5) is 12.1. The lowest BCUT2D eigenvalue weighted by Crippen LogP contribution is -2.17. The van der Waals surface area contributed by atoms with Crippen molar-refractivity contribution >= 4 is 35.3 Å². The highest BCUT2D eigenvalue weighted by Gasteiger charge is 2.10. The molecule has 24 heavy (non-hydrogen) atoms. The highest BCUT2D eigenvalue weighted by molar-refractivity contribution is 6.37. The fourth-order valence-corrected chi connectivity index (χ4v) is 2.37. The summed E-state index contributed by atoms with van der Waals surface area (Å²) < 4.78 is 10.3. The number of nitrogens with zero attached hydrogens (tertiary/aromatic N) is 1. The first kappa shape index (κ1) is 17.9. The summed E-state index contributed by atoms with van der Waals surface area (Å²) in [5, 5.41) is 13.5. The molecule has 0 fully saturated rings. The molecule has 0 spiro atoms. The van der Waals surface area contributed by atoms with Crippen LogP contribution in [0.25, 0.3) is 0 Å². The number of nitrogens with one attached hydrogen (secondary N) is 1. The Morgan fingerprint density at radius 3 is 2.33 bits per heavy atom. The zero-order valence-corrected chi connectivity index (χ0v) is 14.4. The zero-order valence-electron chi connectivity index (χ0n) is 12.8. The molecule has 0 aliphatic heterocycles. The van der Waals surface area contributed by atoms with E-state index in [0.29, 0.717) is 22.6 Å². The van der Waals surface area contributed by atoms with Crippen molar-refractivity contribution in [2.75, 3.05) is 14.2 Å². The van der Waals surface area contributed by atoms with Crippen molar-refractivity contribution in [3.63, 3.8) is 0 Å². The van der Waals surface area contributed by atoms with Gasteiger partial charge in [0, 0.05) is 5.56 Å². The Kier molecular flexibility index (Phi) is 5.89. The number of hydrazone groups is 1. The van der Waals surface area contributed by atoms with Gasteiger partial charge in [-0.2, -0.15) is 5.10 Å². The molecular weight excluding hydrogens is 355 g/mol. The molecule has 0 saturated carbocycles. The SMILES string of the molecule is COc1ccc(C(=O)N/N=C/c2cc(Cl)c(O)c(Cl)c2)cc1OC. The quantitative estimate of drug-likeness (QED) is 0.625. The Hall–Kier alpha value is -2.44. The molecule has 0 radical (unpaired) electrons. The van der Waals surface area contributed by atoms with Gasteiger partial charge in [-0.3, -0.25) is 4.79 Å². The van der Waals surface area contributed by atoms with Gasteiger partial charge in [-0.1, -0.05) is 23.2 Å². The van der Waals surface area contributed by atoms with Gasteiger partial charge in [0.15, 0.2) is 17.2 Å². The molecule has 0 unspecified atom stereocenters. The number of hydrogen-bond donors (Lipinski definition) is 2. The van der Waals surface area contributed by atoms with Gasteiger partial charge in [0.05, 0.1) is 30.5 Å². The first-order valence-corrected chi connectivity index (χ1v) is 7.45. The van der Waals surface area contributed by atoms with Crippen LogP contribution in [0.2, 0.25) is 10.0 Å². The van der Waals surface area contributed by atoms with Crippen molar-refractivity contribution in [1.29, 1.82) is 0 Å². The first-order chi connectivity index (χ1) is 11.5. The lowest BCUT2D eigenvalue weighted by molar-refractivity contribution is 0.0954. The summed E-state index contributed by atoms with van der Waals surface area (Å²) in [5.74, 6) is 0.324. The third kappa shape index (κ3) is 4.10. The van der Waals surface area contributed by atoms with E-state index in [1.165, 1.54) is 38.6 Å². The van der Waals surface area contributed by atoms with Crippen molar-refractivity contribution in [3.8, 4) is 17.2 Å². The number of methoxy groups -OCH3 is 2. The van der Waals surface area contributed by atoms with Crippen LogP contribution in [0.1, 0.15) is 15.9 Å². The van der Waals surface area contributed by atoms with Gasteiger partial charge in [-0.15, -0.1) is 0 Å². The van der Waals surface area contributed by atoms with Gasteiger partial charge in [-0.05, 0) is 35.9 Å². The van der Waals surface area contributed by atoms with Gasteiger partial charge in [0.1, 0.15) is 0 Å². The highest BCUT2D eigenvalue weighted by Crippen LogP contribution is 2.32. The van der Waals surface area contributed by atoms with Crippen LogP contribution in [0.3, 0.4) is 0 Å². The molecule has 2 aromatic carbocycles. The summed E-state index contributed by atoms with van der Waals surface area (Å²) in [5.41, 5.74) is 3.25. The number of phenolic OH excluding ortho intramolecular Hbond substituents is 1. The lowest BCUT2D eigenvalue weighted by Gasteiger charge is -2.08. The average Bonchev–Trinajstić information content (AvgIpc) is 2.58. The van der Waals surface area contributed by atoms with Crippen LogP contribution in [0.15, 0.2) is 35.4 Å². The number of carbonyl (C=O) groups is 1. The van der Waals surface area contributed by atoms with Crippen molar-refractivity contribution in [3.05, 3.63) is 51.5 Å². The number of phenols is 1. The number of ether oxygens (including phenoxy) is 2. The number of halogens is 2. The van der Waals surface area contributed by atoms with E-state index in [-0.39, 0.29) is 15.8 Å². The maximum Gasteiger partial charge on any atom is 0.271 e. The molecule has 0 saturated heterocycles. The van der Waals surface area contributed by atoms with Crippen molar-refractivity contribution in [2.24, 2.45) is 5.10 Å². The molecule has 0 aliphatic rings. The standard InChI is InChI=1S/C16H14Cl2N2O4/c1-23-13-4-3-10(7-14(13)24-2)16(22)20-19-8-9-5-11(17)15(21)12(18)6-9/h3-8,21H,1-2H3,(H,20,22)/b19-8+. The van der Waals surface area contributed by atoms with Crippen LogP contribution in [0.4, 0.5) is 0 Å². The number of carbonyl (C=O) groups excluding carboxylic acids is 1. The number of aromatic hydroxyl groups is 1. The van der Waals surface area contributed by atoms with E-state index >= 15 is 0 Å². The number of amides is 1. The van der Waals surface area contributed by atoms with E-state index < -0.39 is 5.91 Å². The molecule has 1 amide bonds. The third-order valence-electron chi connectivity index (χ3n) is 3.06. The van der Waals surface area contributed by atoms with Crippen LogP contribution < -0.4 is 14.9 Å². The van der Waals surface area contributed by atoms with Crippen molar-refractivity contribution in [1.82, 2.24) is 5.43 Å². The zero-order chi connectivity index (χ0) is 17.7. The Labute approximate surface area is 148 Å². The predicted octanol–water partition coefficient (Wildman–Crippen LogP) is 3.48. The lowest BCUT2D eigenvalue weighted by atomic mass is 10.2. The summed E-state index contributed by atoms with van der Waals surface area (Å²) in [6, 6.07) is 7.68. The first-order valence-electron chi connectivity index (χ1n) is 6.69. The molecule has 2 aromatic rings. The van der Waals surface area contributed by atoms with E-state index in [1.54, 1.807) is 12.1 Å². The minimum Gasteiger partial charge on any atom is -0.505 e. The Morgan fingerprint density at radius 2 is 1.75 bits per heavy atom. The van der Waals surface area contributed by atoms with Crippen LogP contribution in [-0.2, 0) is 0 Å². The van der Waals surface area contributed by atoms with Crippen LogP contribution >= 0.6 is 23.2 Å². The topological polar surface area (TPSA) is 80.2 Å². The fraction of sp³-hybridized carbons (Fsp3) is 0.125. The van der Waals surface area contributed by atoms with Crippen molar-refractivity contribution in [2.45, 2.75) is 0 Å². The molecule has 6 nitrogen and oxygen atoms in total. The molecule has 0 aromatic heterocycles.